The predicted molar refractivity (Wildman–Crippen MR) is 123 cm³/mol. The van der Waals surface area contributed by atoms with Crippen LogP contribution in [0.5, 0.6) is 0 Å². The number of benzene rings is 1. The van der Waals surface area contributed by atoms with E-state index in [1.165, 1.54) is 37.0 Å². The minimum Gasteiger partial charge on any atom is -0.444 e. The van der Waals surface area contributed by atoms with Crippen LogP contribution in [-0.4, -0.2) is 38.2 Å². The molecule has 1 aromatic heterocycles. The van der Waals surface area contributed by atoms with Crippen LogP contribution in [-0.2, 0) is 30.2 Å². The summed E-state index contributed by atoms with van der Waals surface area (Å²) in [5, 5.41) is 2.78. The number of rotatable bonds is 6. The zero-order valence-electron chi connectivity index (χ0n) is 19.3. The van der Waals surface area contributed by atoms with E-state index in [0.29, 0.717) is 12.2 Å². The molecule has 0 atom stereocenters. The molecule has 1 aromatic carbocycles. The Labute approximate surface area is 186 Å². The monoisotopic (exact) mass is 442 g/mol. The molecule has 172 valence electrons. The summed E-state index contributed by atoms with van der Waals surface area (Å²) in [6.07, 6.45) is 3.52. The first-order chi connectivity index (χ1) is 14.9. The number of carbonyl (C=O) groups is 2. The Bertz CT molecular complexity index is 1140. The molecule has 2 rings (SSSR count). The fraction of sp³-hybridized carbons (Fsp3) is 0.391. The molecule has 9 heteroatoms. The highest BCUT2D eigenvalue weighted by Crippen LogP contribution is 2.19. The molecule has 1 heterocycles. The van der Waals surface area contributed by atoms with Gasteiger partial charge >= 0.3 is 11.8 Å². The molecule has 9 nitrogen and oxygen atoms in total. The zero-order valence-corrected chi connectivity index (χ0v) is 19.3. The quantitative estimate of drug-likeness (QED) is 0.693. The lowest BCUT2D eigenvalue weighted by molar-refractivity contribution is -0.111. The Morgan fingerprint density at radius 3 is 2.44 bits per heavy atom. The van der Waals surface area contributed by atoms with Crippen molar-refractivity contribution in [1.82, 2.24) is 14.0 Å². The number of aromatic nitrogens is 2. The van der Waals surface area contributed by atoms with E-state index in [1.807, 2.05) is 19.1 Å². The van der Waals surface area contributed by atoms with E-state index in [4.69, 9.17) is 4.74 Å². The Kier molecular flexibility index (Phi) is 7.80. The van der Waals surface area contributed by atoms with Gasteiger partial charge in [-0.1, -0.05) is 18.2 Å². The second-order valence-electron chi connectivity index (χ2n) is 8.32. The smallest absolute Gasteiger partial charge is 0.410 e. The van der Waals surface area contributed by atoms with Crippen molar-refractivity contribution in [1.29, 1.82) is 0 Å². The lowest BCUT2D eigenvalue weighted by atomic mass is 10.1. The number of amides is 2. The molecular weight excluding hydrogens is 412 g/mol. The second-order valence-corrected chi connectivity index (χ2v) is 8.32. The molecule has 0 aliphatic carbocycles. The molecule has 0 aliphatic heterocycles. The van der Waals surface area contributed by atoms with Gasteiger partial charge in [0.05, 0.1) is 12.1 Å². The molecule has 1 N–H and O–H groups in total. The number of ether oxygens (including phenoxy) is 1. The molecule has 0 bridgehead atoms. The van der Waals surface area contributed by atoms with E-state index in [0.717, 1.165) is 10.1 Å². The van der Waals surface area contributed by atoms with Gasteiger partial charge in [-0.3, -0.25) is 14.2 Å². The fourth-order valence-electron chi connectivity index (χ4n) is 2.91. The average Bonchev–Trinajstić information content (AvgIpc) is 2.71. The van der Waals surface area contributed by atoms with Crippen LogP contribution in [0.1, 0.15) is 38.8 Å². The van der Waals surface area contributed by atoms with Crippen LogP contribution in [0.2, 0.25) is 0 Å². The van der Waals surface area contributed by atoms with Crippen LogP contribution in [0.15, 0.2) is 46.1 Å². The van der Waals surface area contributed by atoms with Crippen molar-refractivity contribution >= 4 is 23.8 Å². The minimum atomic E-state index is -0.610. The van der Waals surface area contributed by atoms with Gasteiger partial charge in [0, 0.05) is 38.6 Å². The first kappa shape index (κ1) is 24.6. The van der Waals surface area contributed by atoms with E-state index in [-0.39, 0.29) is 12.1 Å². The van der Waals surface area contributed by atoms with Crippen LogP contribution < -0.4 is 16.6 Å². The molecule has 0 radical (unpaired) electrons. The third-order valence-electron chi connectivity index (χ3n) is 4.56. The van der Waals surface area contributed by atoms with Crippen LogP contribution in [0.4, 0.5) is 10.5 Å². The first-order valence-corrected chi connectivity index (χ1v) is 10.2. The van der Waals surface area contributed by atoms with Crippen LogP contribution in [0.25, 0.3) is 6.08 Å². The van der Waals surface area contributed by atoms with Gasteiger partial charge in [0.1, 0.15) is 5.60 Å². The van der Waals surface area contributed by atoms with Crippen LogP contribution in [0, 0.1) is 0 Å². The number of nitrogens with zero attached hydrogens (tertiary/aromatic N) is 3. The average molecular weight is 443 g/mol. The number of anilines is 1. The summed E-state index contributed by atoms with van der Waals surface area (Å²) in [4.78, 5) is 50.5. The fourth-order valence-corrected chi connectivity index (χ4v) is 2.91. The molecule has 0 fully saturated rings. The van der Waals surface area contributed by atoms with Gasteiger partial charge in [0.15, 0.2) is 0 Å². The van der Waals surface area contributed by atoms with Crippen molar-refractivity contribution in [2.24, 2.45) is 14.1 Å². The molecule has 2 aromatic rings. The SMILES string of the molecule is CCN(Cc1ccccc1NC(=O)C=Cc1cn(C)c(=O)n(C)c1=O)C(=O)OC(C)(C)C. The normalized spacial score (nSPS) is 11.4. The van der Waals surface area contributed by atoms with Gasteiger partial charge in [-0.15, -0.1) is 0 Å². The van der Waals surface area contributed by atoms with Gasteiger partial charge in [-0.2, -0.15) is 0 Å². The standard InChI is InChI=1S/C23H30N4O5/c1-7-27(22(31)32-23(2,3)4)15-16-10-8-9-11-18(16)24-19(28)13-12-17-14-25(5)21(30)26(6)20(17)29/h8-14H,7,15H2,1-6H3,(H,24,28). The maximum absolute atomic E-state index is 12.5. The third-order valence-corrected chi connectivity index (χ3v) is 4.56. The number of aryl methyl sites for hydroxylation is 1. The number of para-hydroxylation sites is 1. The molecule has 0 saturated carbocycles. The Morgan fingerprint density at radius 2 is 1.81 bits per heavy atom. The van der Waals surface area contributed by atoms with Crippen molar-refractivity contribution in [3.8, 4) is 0 Å². The molecule has 0 saturated heterocycles. The second kappa shape index (κ2) is 10.1. The van der Waals surface area contributed by atoms with E-state index in [9.17, 15) is 19.2 Å². The molecule has 0 aliphatic rings. The molecule has 2 amide bonds. The molecule has 32 heavy (non-hydrogen) atoms. The lowest BCUT2D eigenvalue weighted by Crippen LogP contribution is -2.37. The highest BCUT2D eigenvalue weighted by molar-refractivity contribution is 6.02. The minimum absolute atomic E-state index is 0.208. The van der Waals surface area contributed by atoms with Crippen LogP contribution in [0.3, 0.4) is 0 Å². The number of hydrogen-bond acceptors (Lipinski definition) is 5. The van der Waals surface area contributed by atoms with Crippen molar-refractivity contribution in [3.05, 3.63) is 68.5 Å². The van der Waals surface area contributed by atoms with Gasteiger partial charge in [0.25, 0.3) is 5.56 Å². The summed E-state index contributed by atoms with van der Waals surface area (Å²) >= 11 is 0. The summed E-state index contributed by atoms with van der Waals surface area (Å²) in [6.45, 7) is 7.95. The van der Waals surface area contributed by atoms with Crippen molar-refractivity contribution in [3.63, 3.8) is 0 Å². The van der Waals surface area contributed by atoms with Gasteiger partial charge < -0.3 is 19.5 Å². The maximum atomic E-state index is 12.5. The highest BCUT2D eigenvalue weighted by Gasteiger charge is 2.22. The molecule has 0 spiro atoms. The zero-order chi connectivity index (χ0) is 24.1. The summed E-state index contributed by atoms with van der Waals surface area (Å²) in [5.41, 5.74) is -0.0665. The van der Waals surface area contributed by atoms with Crippen molar-refractivity contribution in [2.75, 3.05) is 11.9 Å². The van der Waals surface area contributed by atoms with Crippen molar-refractivity contribution in [2.45, 2.75) is 39.8 Å². The van der Waals surface area contributed by atoms with Gasteiger partial charge in [-0.25, -0.2) is 9.59 Å². The van der Waals surface area contributed by atoms with E-state index in [2.05, 4.69) is 5.32 Å². The molecule has 0 unspecified atom stereocenters. The molecular formula is C23H30N4O5. The van der Waals surface area contributed by atoms with Gasteiger partial charge in [0.2, 0.25) is 5.91 Å². The highest BCUT2D eigenvalue weighted by atomic mass is 16.6. The summed E-state index contributed by atoms with van der Waals surface area (Å²) in [7, 11) is 2.90. The third kappa shape index (κ3) is 6.44. The number of carbonyl (C=O) groups excluding carboxylic acids is 2. The summed E-state index contributed by atoms with van der Waals surface area (Å²) in [6, 6.07) is 7.14. The van der Waals surface area contributed by atoms with Crippen LogP contribution >= 0.6 is 0 Å². The maximum Gasteiger partial charge on any atom is 0.410 e. The largest absolute Gasteiger partial charge is 0.444 e. The van der Waals surface area contributed by atoms with Crippen molar-refractivity contribution < 1.29 is 14.3 Å². The Balaban J connectivity index is 2.18. The van der Waals surface area contributed by atoms with E-state index >= 15 is 0 Å². The summed E-state index contributed by atoms with van der Waals surface area (Å²) < 4.78 is 7.69. The Morgan fingerprint density at radius 1 is 1.16 bits per heavy atom. The van der Waals surface area contributed by atoms with E-state index in [1.54, 1.807) is 37.8 Å². The topological polar surface area (TPSA) is 103 Å². The first-order valence-electron chi connectivity index (χ1n) is 10.2. The predicted octanol–water partition coefficient (Wildman–Crippen LogP) is 2.49. The lowest BCUT2D eigenvalue weighted by Gasteiger charge is -2.27. The number of hydrogen-bond donors (Lipinski definition) is 1. The Hall–Kier alpha value is -3.62. The summed E-state index contributed by atoms with van der Waals surface area (Å²) in [5.74, 6) is -0.450. The van der Waals surface area contributed by atoms with Gasteiger partial charge in [-0.05, 0) is 45.4 Å². The number of nitrogens with one attached hydrogen (secondary N) is 1. The van der Waals surface area contributed by atoms with E-state index < -0.39 is 28.9 Å².